The maximum Gasteiger partial charge on any atom is 0.410 e. The van der Waals surface area contributed by atoms with Crippen LogP contribution in [-0.4, -0.2) is 67.8 Å². The fourth-order valence-electron chi connectivity index (χ4n) is 6.58. The summed E-state index contributed by atoms with van der Waals surface area (Å²) in [7, 11) is 0. The predicted octanol–water partition coefficient (Wildman–Crippen LogP) is 6.74. The highest BCUT2D eigenvalue weighted by atomic mass is 16.6. The summed E-state index contributed by atoms with van der Waals surface area (Å²) in [5, 5.41) is 4.65. The molecule has 2 N–H and O–H groups in total. The maximum absolute atomic E-state index is 12.7. The smallest absolute Gasteiger partial charge is 0.410 e. The summed E-state index contributed by atoms with van der Waals surface area (Å²) in [6.07, 6.45) is 5.70. The van der Waals surface area contributed by atoms with E-state index in [0.717, 1.165) is 66.9 Å². The van der Waals surface area contributed by atoms with Crippen LogP contribution in [0.15, 0.2) is 67.0 Å². The number of carbonyl (C=O) groups is 1. The van der Waals surface area contributed by atoms with E-state index in [-0.39, 0.29) is 12.1 Å². The molecule has 2 fully saturated rings. The molecule has 1 atom stereocenters. The van der Waals surface area contributed by atoms with Gasteiger partial charge in [0.2, 0.25) is 0 Å². The van der Waals surface area contributed by atoms with Gasteiger partial charge in [-0.3, -0.25) is 4.90 Å². The van der Waals surface area contributed by atoms with E-state index in [2.05, 4.69) is 40.1 Å². The molecule has 1 unspecified atom stereocenters. The van der Waals surface area contributed by atoms with Crippen LogP contribution in [0, 0.1) is 0 Å². The van der Waals surface area contributed by atoms with Crippen LogP contribution >= 0.6 is 0 Å². The standard InChI is InChI=1S/C34H42N6O3/c1-23-21-38(18-19-39(23)33(41)43-34(2,3)4)26-14-10-25(11-15-26)30-20-29(31-32(35)36-22-37-40(30)31)24-12-16-28(17-13-24)42-27-8-6-5-7-9-27/h5-9,12-13,16-17,20,22-23,25-26H,10-11,14-15,18-19,21H2,1-4H3,(H2,35,36,37)/t23?,25-,26+. The average molecular weight is 583 g/mol. The van der Waals surface area contributed by atoms with Gasteiger partial charge in [-0.1, -0.05) is 30.3 Å². The summed E-state index contributed by atoms with van der Waals surface area (Å²) in [6, 6.07) is 20.8. The molecule has 2 aliphatic rings. The number of carbonyl (C=O) groups excluding carboxylic acids is 1. The van der Waals surface area contributed by atoms with Crippen molar-refractivity contribution in [3.8, 4) is 22.6 Å². The third-order valence-electron chi connectivity index (χ3n) is 8.67. The Morgan fingerprint density at radius 2 is 1.65 bits per heavy atom. The fraction of sp³-hybridized carbons (Fsp3) is 0.441. The van der Waals surface area contributed by atoms with Crippen molar-refractivity contribution in [2.45, 2.75) is 77.0 Å². The lowest BCUT2D eigenvalue weighted by molar-refractivity contribution is -0.00755. The molecule has 43 heavy (non-hydrogen) atoms. The highest BCUT2D eigenvalue weighted by Crippen LogP contribution is 2.40. The molecular formula is C34H42N6O3. The molecule has 1 saturated carbocycles. The number of benzene rings is 2. The number of hydrogen-bond donors (Lipinski definition) is 1. The zero-order valence-corrected chi connectivity index (χ0v) is 25.6. The number of hydrogen-bond acceptors (Lipinski definition) is 7. The van der Waals surface area contributed by atoms with Gasteiger partial charge in [-0.25, -0.2) is 14.3 Å². The first kappa shape index (κ1) is 29.0. The monoisotopic (exact) mass is 582 g/mol. The SMILES string of the molecule is CC1CN([C@H]2CC[C@@H](c3cc(-c4ccc(Oc5ccccc5)cc4)c4c(N)ncnn43)CC2)CCN1C(=O)OC(C)(C)C. The van der Waals surface area contributed by atoms with Crippen LogP contribution in [0.25, 0.3) is 16.6 Å². The van der Waals surface area contributed by atoms with Crippen molar-refractivity contribution in [2.24, 2.45) is 0 Å². The fourth-order valence-corrected chi connectivity index (χ4v) is 6.58. The number of piperazine rings is 1. The molecule has 0 radical (unpaired) electrons. The Morgan fingerprint density at radius 3 is 2.33 bits per heavy atom. The van der Waals surface area contributed by atoms with Crippen LogP contribution < -0.4 is 10.5 Å². The van der Waals surface area contributed by atoms with Crippen LogP contribution in [0.2, 0.25) is 0 Å². The molecule has 2 aromatic heterocycles. The van der Waals surface area contributed by atoms with Gasteiger partial charge >= 0.3 is 6.09 Å². The Hall–Kier alpha value is -4.11. The highest BCUT2D eigenvalue weighted by Gasteiger charge is 2.35. The lowest BCUT2D eigenvalue weighted by Gasteiger charge is -2.45. The summed E-state index contributed by atoms with van der Waals surface area (Å²) in [5.41, 5.74) is 10.1. The van der Waals surface area contributed by atoms with Crippen LogP contribution in [0.3, 0.4) is 0 Å². The van der Waals surface area contributed by atoms with Crippen molar-refractivity contribution in [1.82, 2.24) is 24.4 Å². The Kier molecular flexibility index (Phi) is 8.01. The Morgan fingerprint density at radius 1 is 0.953 bits per heavy atom. The number of nitrogens with two attached hydrogens (primary N) is 1. The van der Waals surface area contributed by atoms with Crippen LogP contribution in [-0.2, 0) is 4.74 Å². The van der Waals surface area contributed by atoms with Gasteiger partial charge in [0.1, 0.15) is 28.9 Å². The topological polar surface area (TPSA) is 98.2 Å². The lowest BCUT2D eigenvalue weighted by Crippen LogP contribution is -2.57. The minimum atomic E-state index is -0.481. The molecule has 9 heteroatoms. The summed E-state index contributed by atoms with van der Waals surface area (Å²) in [6.45, 7) is 10.3. The summed E-state index contributed by atoms with van der Waals surface area (Å²) in [4.78, 5) is 21.5. The Balaban J connectivity index is 1.14. The highest BCUT2D eigenvalue weighted by molar-refractivity contribution is 5.88. The van der Waals surface area contributed by atoms with Crippen molar-refractivity contribution in [1.29, 1.82) is 0 Å². The molecule has 0 bridgehead atoms. The second-order valence-corrected chi connectivity index (χ2v) is 12.9. The van der Waals surface area contributed by atoms with Crippen molar-refractivity contribution in [2.75, 3.05) is 25.4 Å². The Labute approximate surface area is 253 Å². The molecule has 1 amide bonds. The van der Waals surface area contributed by atoms with Gasteiger partial charge in [0.05, 0.1) is 0 Å². The summed E-state index contributed by atoms with van der Waals surface area (Å²) in [5.74, 6) is 2.45. The summed E-state index contributed by atoms with van der Waals surface area (Å²) < 4.78 is 13.6. The van der Waals surface area contributed by atoms with E-state index in [1.165, 1.54) is 5.69 Å². The third kappa shape index (κ3) is 6.32. The normalized spacial score (nSPS) is 21.6. The zero-order valence-electron chi connectivity index (χ0n) is 25.6. The average Bonchev–Trinajstić information content (AvgIpc) is 3.38. The number of ether oxygens (including phenoxy) is 2. The van der Waals surface area contributed by atoms with E-state index < -0.39 is 5.60 Å². The molecule has 9 nitrogen and oxygen atoms in total. The second kappa shape index (κ2) is 11.9. The molecule has 226 valence electrons. The van der Waals surface area contributed by atoms with Crippen molar-refractivity contribution < 1.29 is 14.3 Å². The number of rotatable bonds is 5. The predicted molar refractivity (Wildman–Crippen MR) is 168 cm³/mol. The van der Waals surface area contributed by atoms with E-state index in [4.69, 9.17) is 15.2 Å². The molecular weight excluding hydrogens is 540 g/mol. The van der Waals surface area contributed by atoms with Gasteiger partial charge in [-0.05, 0) is 89.3 Å². The minimum Gasteiger partial charge on any atom is -0.457 e. The molecule has 6 rings (SSSR count). The number of fused-ring (bicyclic) bond motifs is 1. The lowest BCUT2D eigenvalue weighted by atomic mass is 9.83. The van der Waals surface area contributed by atoms with Gasteiger partial charge in [-0.15, -0.1) is 0 Å². The van der Waals surface area contributed by atoms with Gasteiger partial charge < -0.3 is 20.1 Å². The van der Waals surface area contributed by atoms with E-state index in [0.29, 0.717) is 24.3 Å². The first-order chi connectivity index (χ1) is 20.7. The van der Waals surface area contributed by atoms with Gasteiger partial charge in [-0.2, -0.15) is 5.10 Å². The first-order valence-electron chi connectivity index (χ1n) is 15.4. The van der Waals surface area contributed by atoms with Gasteiger partial charge in [0, 0.05) is 48.9 Å². The van der Waals surface area contributed by atoms with E-state index in [9.17, 15) is 4.79 Å². The van der Waals surface area contributed by atoms with Crippen molar-refractivity contribution in [3.05, 3.63) is 72.7 Å². The van der Waals surface area contributed by atoms with E-state index >= 15 is 0 Å². The number of amides is 1. The number of nitrogen functional groups attached to an aromatic ring is 1. The van der Waals surface area contributed by atoms with Gasteiger partial charge in [0.15, 0.2) is 5.82 Å². The number of para-hydroxylation sites is 1. The molecule has 1 saturated heterocycles. The zero-order chi connectivity index (χ0) is 30.1. The van der Waals surface area contributed by atoms with Crippen LogP contribution in [0.4, 0.5) is 10.6 Å². The van der Waals surface area contributed by atoms with Crippen molar-refractivity contribution in [3.63, 3.8) is 0 Å². The minimum absolute atomic E-state index is 0.127. The quantitative estimate of drug-likeness (QED) is 0.278. The van der Waals surface area contributed by atoms with E-state index in [1.807, 2.05) is 72.7 Å². The van der Waals surface area contributed by atoms with Crippen LogP contribution in [0.1, 0.15) is 65.0 Å². The molecule has 1 aliphatic heterocycles. The molecule has 2 aromatic carbocycles. The first-order valence-corrected chi connectivity index (χ1v) is 15.4. The Bertz CT molecular complexity index is 1560. The third-order valence-corrected chi connectivity index (χ3v) is 8.67. The number of nitrogens with zero attached hydrogens (tertiary/aromatic N) is 5. The molecule has 1 aliphatic carbocycles. The molecule has 3 heterocycles. The molecule has 0 spiro atoms. The number of aromatic nitrogens is 3. The van der Waals surface area contributed by atoms with Gasteiger partial charge in [0.25, 0.3) is 0 Å². The van der Waals surface area contributed by atoms with E-state index in [1.54, 1.807) is 6.33 Å². The summed E-state index contributed by atoms with van der Waals surface area (Å²) >= 11 is 0. The second-order valence-electron chi connectivity index (χ2n) is 12.9. The largest absolute Gasteiger partial charge is 0.457 e. The number of anilines is 1. The van der Waals surface area contributed by atoms with Crippen molar-refractivity contribution >= 4 is 17.4 Å². The maximum atomic E-state index is 12.7. The molecule has 4 aromatic rings. The van der Waals surface area contributed by atoms with Crippen LogP contribution in [0.5, 0.6) is 11.5 Å².